The van der Waals surface area contributed by atoms with Crippen LogP contribution in [-0.2, 0) is 16.1 Å². The highest BCUT2D eigenvalue weighted by Crippen LogP contribution is 2.40. The molecular weight excluding hydrogens is 371 g/mol. The minimum absolute atomic E-state index is 0.0164. The van der Waals surface area contributed by atoms with Gasteiger partial charge >= 0.3 is 0 Å². The molecule has 0 radical (unpaired) electrons. The van der Waals surface area contributed by atoms with Crippen LogP contribution in [0.1, 0.15) is 16.7 Å². The van der Waals surface area contributed by atoms with Crippen molar-refractivity contribution in [3.63, 3.8) is 0 Å². The van der Waals surface area contributed by atoms with Crippen molar-refractivity contribution in [3.8, 4) is 0 Å². The first-order chi connectivity index (χ1) is 11.5. The fourth-order valence-electron chi connectivity index (χ4n) is 2.38. The van der Waals surface area contributed by atoms with Gasteiger partial charge in [-0.15, -0.1) is 11.8 Å². The zero-order chi connectivity index (χ0) is 17.1. The Morgan fingerprint density at radius 1 is 1.33 bits per heavy atom. The summed E-state index contributed by atoms with van der Waals surface area (Å²) in [5.41, 5.74) is 0.846. The Labute approximate surface area is 153 Å². The monoisotopic (exact) mass is 384 g/mol. The van der Waals surface area contributed by atoms with Crippen LogP contribution in [0.5, 0.6) is 0 Å². The van der Waals surface area contributed by atoms with E-state index in [1.54, 1.807) is 35.4 Å². The van der Waals surface area contributed by atoms with E-state index in [2.05, 4.69) is 5.32 Å². The molecule has 126 valence electrons. The van der Waals surface area contributed by atoms with Gasteiger partial charge in [0.05, 0.1) is 28.6 Å². The molecule has 0 saturated carbocycles. The Morgan fingerprint density at radius 3 is 2.88 bits per heavy atom. The van der Waals surface area contributed by atoms with E-state index in [-0.39, 0.29) is 23.7 Å². The first-order valence-electron chi connectivity index (χ1n) is 7.19. The average molecular weight is 385 g/mol. The van der Waals surface area contributed by atoms with E-state index in [1.807, 2.05) is 6.07 Å². The molecule has 1 aliphatic heterocycles. The summed E-state index contributed by atoms with van der Waals surface area (Å²) < 4.78 is 5.16. The van der Waals surface area contributed by atoms with E-state index in [1.165, 1.54) is 11.8 Å². The second kappa shape index (κ2) is 7.51. The predicted octanol–water partition coefficient (Wildman–Crippen LogP) is 3.48. The summed E-state index contributed by atoms with van der Waals surface area (Å²) in [6.07, 6.45) is 1.54. The molecule has 1 aromatic carbocycles. The zero-order valence-electron chi connectivity index (χ0n) is 12.5. The van der Waals surface area contributed by atoms with Crippen molar-refractivity contribution < 1.29 is 14.0 Å². The van der Waals surface area contributed by atoms with Gasteiger partial charge in [-0.2, -0.15) is 0 Å². The number of hydrogen-bond donors (Lipinski definition) is 1. The van der Waals surface area contributed by atoms with Gasteiger partial charge in [0, 0.05) is 0 Å². The number of nitrogens with one attached hydrogen (secondary N) is 1. The number of amides is 2. The Bertz CT molecular complexity index is 752. The second-order valence-electron chi connectivity index (χ2n) is 5.21. The molecule has 0 spiro atoms. The highest BCUT2D eigenvalue weighted by molar-refractivity contribution is 8.00. The van der Waals surface area contributed by atoms with Crippen LogP contribution in [0, 0.1) is 0 Å². The highest BCUT2D eigenvalue weighted by atomic mass is 35.5. The van der Waals surface area contributed by atoms with Gasteiger partial charge in [-0.1, -0.05) is 29.3 Å². The number of carbonyl (C=O) groups is 2. The smallest absolute Gasteiger partial charge is 0.240 e. The third kappa shape index (κ3) is 3.88. The summed E-state index contributed by atoms with van der Waals surface area (Å²) in [5.74, 6) is 0.666. The molecule has 2 amide bonds. The molecular formula is C16H14Cl2N2O3S. The molecule has 1 aromatic heterocycles. The lowest BCUT2D eigenvalue weighted by Gasteiger charge is -2.23. The van der Waals surface area contributed by atoms with Crippen molar-refractivity contribution >= 4 is 46.8 Å². The van der Waals surface area contributed by atoms with Crippen LogP contribution in [0.4, 0.5) is 0 Å². The van der Waals surface area contributed by atoms with Crippen molar-refractivity contribution in [2.45, 2.75) is 11.9 Å². The molecule has 2 aromatic rings. The molecule has 24 heavy (non-hydrogen) atoms. The zero-order valence-corrected chi connectivity index (χ0v) is 14.8. The van der Waals surface area contributed by atoms with Gasteiger partial charge in [0.15, 0.2) is 0 Å². The van der Waals surface area contributed by atoms with Gasteiger partial charge in [0.25, 0.3) is 0 Å². The Morgan fingerprint density at radius 2 is 2.17 bits per heavy atom. The molecule has 1 saturated heterocycles. The third-order valence-corrected chi connectivity index (χ3v) is 5.55. The van der Waals surface area contributed by atoms with Crippen LogP contribution >= 0.6 is 35.0 Å². The summed E-state index contributed by atoms with van der Waals surface area (Å²) in [6.45, 7) is 0.274. The van der Waals surface area contributed by atoms with Crippen LogP contribution in [0.3, 0.4) is 0 Å². The van der Waals surface area contributed by atoms with Crippen molar-refractivity contribution in [2.24, 2.45) is 0 Å². The van der Waals surface area contributed by atoms with E-state index in [0.717, 1.165) is 5.56 Å². The molecule has 1 fully saturated rings. The minimum Gasteiger partial charge on any atom is -0.467 e. The van der Waals surface area contributed by atoms with Gasteiger partial charge in [-0.05, 0) is 29.8 Å². The molecule has 1 atom stereocenters. The maximum atomic E-state index is 12.1. The molecule has 3 rings (SSSR count). The second-order valence-corrected chi connectivity index (χ2v) is 7.10. The highest BCUT2D eigenvalue weighted by Gasteiger charge is 2.34. The predicted molar refractivity (Wildman–Crippen MR) is 93.9 cm³/mol. The summed E-state index contributed by atoms with van der Waals surface area (Å²) in [7, 11) is 0. The number of thioether (sulfide) groups is 1. The Hall–Kier alpha value is -1.63. The van der Waals surface area contributed by atoms with Crippen molar-refractivity contribution in [1.29, 1.82) is 0 Å². The van der Waals surface area contributed by atoms with Crippen LogP contribution in [0.2, 0.25) is 10.0 Å². The number of furan rings is 1. The minimum atomic E-state index is -0.248. The van der Waals surface area contributed by atoms with Gasteiger partial charge in [0.1, 0.15) is 17.7 Å². The van der Waals surface area contributed by atoms with Crippen LogP contribution < -0.4 is 5.32 Å². The van der Waals surface area contributed by atoms with Crippen molar-refractivity contribution in [1.82, 2.24) is 10.2 Å². The van der Waals surface area contributed by atoms with Crippen LogP contribution in [-0.4, -0.2) is 29.0 Å². The molecule has 5 nitrogen and oxygen atoms in total. The molecule has 0 bridgehead atoms. The topological polar surface area (TPSA) is 62.6 Å². The first-order valence-corrected chi connectivity index (χ1v) is 9.00. The van der Waals surface area contributed by atoms with Crippen LogP contribution in [0.25, 0.3) is 0 Å². The van der Waals surface area contributed by atoms with E-state index in [9.17, 15) is 9.59 Å². The average Bonchev–Trinajstić information content (AvgIpc) is 3.19. The maximum absolute atomic E-state index is 12.1. The van der Waals surface area contributed by atoms with E-state index >= 15 is 0 Å². The lowest BCUT2D eigenvalue weighted by atomic mass is 10.2. The Balaban J connectivity index is 1.66. The normalized spacial score (nSPS) is 17.3. The van der Waals surface area contributed by atoms with Gasteiger partial charge in [0.2, 0.25) is 11.8 Å². The molecule has 1 aliphatic rings. The van der Waals surface area contributed by atoms with Gasteiger partial charge in [-0.25, -0.2) is 0 Å². The lowest BCUT2D eigenvalue weighted by Crippen LogP contribution is -2.39. The lowest BCUT2D eigenvalue weighted by molar-refractivity contribution is -0.133. The third-order valence-electron chi connectivity index (χ3n) is 3.55. The summed E-state index contributed by atoms with van der Waals surface area (Å²) in [4.78, 5) is 25.8. The number of benzene rings is 1. The fraction of sp³-hybridized carbons (Fsp3) is 0.250. The first kappa shape index (κ1) is 17.2. The quantitative estimate of drug-likeness (QED) is 0.856. The molecule has 1 unspecified atom stereocenters. The largest absolute Gasteiger partial charge is 0.467 e. The SMILES string of the molecule is O=C(CN1C(=O)CSC1c1ccc(Cl)c(Cl)c1)NCc1ccco1. The number of rotatable bonds is 5. The molecule has 0 aliphatic carbocycles. The molecule has 1 N–H and O–H groups in total. The summed E-state index contributed by atoms with van der Waals surface area (Å²) >= 11 is 13.4. The van der Waals surface area contributed by atoms with Crippen molar-refractivity contribution in [2.75, 3.05) is 12.3 Å². The number of nitrogens with zero attached hydrogens (tertiary/aromatic N) is 1. The standard InChI is InChI=1S/C16H14Cl2N2O3S/c17-12-4-3-10(6-13(12)18)16-20(15(22)9-24-16)8-14(21)19-7-11-2-1-5-23-11/h1-6,16H,7-9H2,(H,19,21). The van der Waals surface area contributed by atoms with E-state index in [4.69, 9.17) is 27.6 Å². The number of hydrogen-bond acceptors (Lipinski definition) is 4. The Kier molecular flexibility index (Phi) is 5.38. The van der Waals surface area contributed by atoms with E-state index in [0.29, 0.717) is 28.1 Å². The summed E-state index contributed by atoms with van der Waals surface area (Å²) in [5, 5.41) is 3.38. The van der Waals surface area contributed by atoms with Crippen LogP contribution in [0.15, 0.2) is 41.0 Å². The fourth-order valence-corrected chi connectivity index (χ4v) is 3.86. The van der Waals surface area contributed by atoms with E-state index < -0.39 is 0 Å². The molecule has 2 heterocycles. The van der Waals surface area contributed by atoms with Gasteiger partial charge < -0.3 is 14.6 Å². The number of halogens is 2. The molecule has 8 heteroatoms. The summed E-state index contributed by atoms with van der Waals surface area (Å²) in [6, 6.07) is 8.77. The maximum Gasteiger partial charge on any atom is 0.240 e. The number of carbonyl (C=O) groups excluding carboxylic acids is 2. The van der Waals surface area contributed by atoms with Gasteiger partial charge in [-0.3, -0.25) is 9.59 Å². The van der Waals surface area contributed by atoms with Crippen molar-refractivity contribution in [3.05, 3.63) is 58.0 Å².